The lowest BCUT2D eigenvalue weighted by Gasteiger charge is -2.42. The van der Waals surface area contributed by atoms with Gasteiger partial charge in [0.05, 0.1) is 17.1 Å². The van der Waals surface area contributed by atoms with E-state index < -0.39 is 11.7 Å². The molecular weight excluding hydrogens is 374 g/mol. The molecule has 1 aromatic carbocycles. The second kappa shape index (κ2) is 7.61. The summed E-state index contributed by atoms with van der Waals surface area (Å²) in [4.78, 5) is 17.6. The Morgan fingerprint density at radius 1 is 1.21 bits per heavy atom. The van der Waals surface area contributed by atoms with Crippen molar-refractivity contribution in [3.63, 3.8) is 0 Å². The summed E-state index contributed by atoms with van der Waals surface area (Å²) in [6.45, 7) is 4.64. The highest BCUT2D eigenvalue weighted by Crippen LogP contribution is 2.41. The lowest BCUT2D eigenvalue weighted by molar-refractivity contribution is -0.0645. The Hall–Kier alpha value is -1.70. The van der Waals surface area contributed by atoms with Crippen LogP contribution in [0.2, 0.25) is 0 Å². The van der Waals surface area contributed by atoms with Gasteiger partial charge in [-0.05, 0) is 38.8 Å². The Bertz CT molecular complexity index is 975. The van der Waals surface area contributed by atoms with Crippen LogP contribution in [0.3, 0.4) is 0 Å². The predicted octanol–water partition coefficient (Wildman–Crippen LogP) is 3.72. The summed E-state index contributed by atoms with van der Waals surface area (Å²) in [5.74, 6) is 1.46. The van der Waals surface area contributed by atoms with Crippen LogP contribution in [0, 0.1) is 10.6 Å². The normalized spacial score (nSPS) is 24.7. The van der Waals surface area contributed by atoms with Gasteiger partial charge < -0.3 is 25.1 Å². The number of nitrogens with one attached hydrogen (secondary N) is 3. The third-order valence-corrected chi connectivity index (χ3v) is 6.52. The minimum absolute atomic E-state index is 0.145. The van der Waals surface area contributed by atoms with E-state index in [4.69, 9.17) is 17.0 Å². The van der Waals surface area contributed by atoms with E-state index in [1.807, 2.05) is 26.0 Å². The van der Waals surface area contributed by atoms with Crippen molar-refractivity contribution in [2.75, 3.05) is 6.54 Å². The van der Waals surface area contributed by atoms with Crippen molar-refractivity contribution in [1.82, 2.24) is 15.3 Å². The van der Waals surface area contributed by atoms with Gasteiger partial charge in [0.25, 0.3) is 5.56 Å². The van der Waals surface area contributed by atoms with E-state index in [0.29, 0.717) is 11.3 Å². The first-order valence-corrected chi connectivity index (χ1v) is 10.7. The smallest absolute Gasteiger partial charge is 0.283 e. The molecular formula is C21H29N3O3S. The molecule has 0 amide bonds. The van der Waals surface area contributed by atoms with Crippen molar-refractivity contribution in [2.45, 2.75) is 70.1 Å². The molecule has 0 radical (unpaired) electrons. The van der Waals surface area contributed by atoms with E-state index in [1.165, 1.54) is 32.1 Å². The summed E-state index contributed by atoms with van der Waals surface area (Å²) in [5, 5.41) is 14.6. The molecule has 2 unspecified atom stereocenters. The topological polar surface area (TPSA) is 90.1 Å². The van der Waals surface area contributed by atoms with Gasteiger partial charge >= 0.3 is 0 Å². The highest BCUT2D eigenvalue weighted by atomic mass is 32.1. The minimum Gasteiger partial charge on any atom is -0.485 e. The first-order chi connectivity index (χ1) is 13.3. The molecule has 0 bridgehead atoms. The average Bonchev–Trinajstić information content (AvgIpc) is 2.66. The fraction of sp³-hybridized carbons (Fsp3) is 0.619. The molecule has 4 N–H and O–H groups in total. The molecule has 0 spiro atoms. The molecule has 1 aliphatic heterocycles. The quantitative estimate of drug-likeness (QED) is 0.584. The van der Waals surface area contributed by atoms with E-state index >= 15 is 0 Å². The third kappa shape index (κ3) is 3.75. The van der Waals surface area contributed by atoms with E-state index in [-0.39, 0.29) is 16.2 Å². The number of hydrogen-bond donors (Lipinski definition) is 4. The minimum atomic E-state index is -0.731. The van der Waals surface area contributed by atoms with Crippen molar-refractivity contribution in [2.24, 2.45) is 5.92 Å². The first-order valence-electron chi connectivity index (χ1n) is 10.3. The molecule has 0 saturated heterocycles. The maximum absolute atomic E-state index is 11.9. The molecule has 2 aliphatic rings. The molecule has 4 rings (SSSR count). The predicted molar refractivity (Wildman–Crippen MR) is 112 cm³/mol. The monoisotopic (exact) mass is 403 g/mol. The number of ether oxygens (including phenoxy) is 1. The molecule has 7 heteroatoms. The number of aromatic amines is 2. The van der Waals surface area contributed by atoms with E-state index in [1.54, 1.807) is 0 Å². The summed E-state index contributed by atoms with van der Waals surface area (Å²) in [6, 6.07) is 3.51. The Morgan fingerprint density at radius 2 is 1.93 bits per heavy atom. The standard InChI is InChI=1S/C21H29N3O3S/c1-21(2)18(25)17(22-9-8-12-6-4-3-5-7-12)13-10-14-15(11-16(13)27-21)23-19(26)20(28)24-14/h10-12,17-18,22,25H,3-9H2,1-2H3,(H,23,26)(H,24,28). The molecule has 2 heterocycles. The summed E-state index contributed by atoms with van der Waals surface area (Å²) < 4.78 is 6.23. The Kier molecular flexibility index (Phi) is 5.33. The van der Waals surface area contributed by atoms with Gasteiger partial charge in [0.1, 0.15) is 17.5 Å². The Labute approximate surface area is 169 Å². The third-order valence-electron chi connectivity index (χ3n) is 6.23. The highest BCUT2D eigenvalue weighted by molar-refractivity contribution is 7.71. The van der Waals surface area contributed by atoms with Gasteiger partial charge in [0.15, 0.2) is 4.64 Å². The van der Waals surface area contributed by atoms with Crippen molar-refractivity contribution in [3.05, 3.63) is 32.7 Å². The first kappa shape index (κ1) is 19.6. The second-order valence-electron chi connectivity index (χ2n) is 8.72. The van der Waals surface area contributed by atoms with Gasteiger partial charge in [-0.25, -0.2) is 0 Å². The maximum atomic E-state index is 11.9. The highest BCUT2D eigenvalue weighted by Gasteiger charge is 2.43. The zero-order valence-corrected chi connectivity index (χ0v) is 17.3. The van der Waals surface area contributed by atoms with Crippen LogP contribution >= 0.6 is 12.2 Å². The van der Waals surface area contributed by atoms with Crippen molar-refractivity contribution in [3.8, 4) is 5.75 Å². The average molecular weight is 404 g/mol. The zero-order valence-electron chi connectivity index (χ0n) is 16.5. The fourth-order valence-electron chi connectivity index (χ4n) is 4.55. The van der Waals surface area contributed by atoms with Gasteiger partial charge in [0, 0.05) is 11.6 Å². The van der Waals surface area contributed by atoms with E-state index in [2.05, 4.69) is 15.3 Å². The van der Waals surface area contributed by atoms with Gasteiger partial charge in [-0.2, -0.15) is 0 Å². The number of aliphatic hydroxyl groups excluding tert-OH is 1. The number of rotatable bonds is 4. The van der Waals surface area contributed by atoms with Crippen LogP contribution in [0.15, 0.2) is 16.9 Å². The van der Waals surface area contributed by atoms with Crippen LogP contribution in [-0.2, 0) is 0 Å². The van der Waals surface area contributed by atoms with Crippen molar-refractivity contribution in [1.29, 1.82) is 0 Å². The van der Waals surface area contributed by atoms with Crippen LogP contribution in [0.4, 0.5) is 0 Å². The second-order valence-corrected chi connectivity index (χ2v) is 9.13. The van der Waals surface area contributed by atoms with Crippen LogP contribution in [0.25, 0.3) is 11.0 Å². The fourth-order valence-corrected chi connectivity index (χ4v) is 4.71. The van der Waals surface area contributed by atoms with Gasteiger partial charge in [-0.3, -0.25) is 4.79 Å². The van der Waals surface area contributed by atoms with Gasteiger partial charge in [-0.1, -0.05) is 44.3 Å². The molecule has 1 saturated carbocycles. The zero-order chi connectivity index (χ0) is 19.9. The SMILES string of the molecule is CC1(C)Oc2cc3[nH]c(=O)c(=S)[nH]c3cc2C(NCCC2CCCCC2)C1O. The molecule has 152 valence electrons. The van der Waals surface area contributed by atoms with E-state index in [0.717, 1.165) is 30.0 Å². The number of hydrogen-bond acceptors (Lipinski definition) is 5. The molecule has 28 heavy (non-hydrogen) atoms. The van der Waals surface area contributed by atoms with Crippen molar-refractivity contribution < 1.29 is 9.84 Å². The molecule has 1 aromatic heterocycles. The van der Waals surface area contributed by atoms with Crippen LogP contribution in [-0.4, -0.2) is 33.3 Å². The summed E-state index contributed by atoms with van der Waals surface area (Å²) >= 11 is 5.07. The largest absolute Gasteiger partial charge is 0.485 e. The maximum Gasteiger partial charge on any atom is 0.283 e. The van der Waals surface area contributed by atoms with E-state index in [9.17, 15) is 9.90 Å². The molecule has 1 aliphatic carbocycles. The Balaban J connectivity index is 1.63. The molecule has 1 fully saturated rings. The number of H-pyrrole nitrogens is 2. The van der Waals surface area contributed by atoms with Crippen LogP contribution < -0.4 is 15.6 Å². The van der Waals surface area contributed by atoms with Gasteiger partial charge in [0.2, 0.25) is 0 Å². The Morgan fingerprint density at radius 3 is 2.68 bits per heavy atom. The number of aliphatic hydroxyl groups is 1. The lowest BCUT2D eigenvalue weighted by Crippen LogP contribution is -2.52. The van der Waals surface area contributed by atoms with Crippen LogP contribution in [0.1, 0.15) is 64.0 Å². The molecule has 2 aromatic rings. The molecule has 6 nitrogen and oxygen atoms in total. The number of aromatic nitrogens is 2. The molecule has 2 atom stereocenters. The number of benzene rings is 1. The number of fused-ring (bicyclic) bond motifs is 2. The summed E-state index contributed by atoms with van der Waals surface area (Å²) in [6.07, 6.45) is 7.11. The summed E-state index contributed by atoms with van der Waals surface area (Å²) in [7, 11) is 0. The summed E-state index contributed by atoms with van der Waals surface area (Å²) in [5.41, 5.74) is 1.22. The lowest BCUT2D eigenvalue weighted by atomic mass is 9.85. The van der Waals surface area contributed by atoms with Crippen LogP contribution in [0.5, 0.6) is 5.75 Å². The van der Waals surface area contributed by atoms with Gasteiger partial charge in [-0.15, -0.1) is 0 Å². The van der Waals surface area contributed by atoms with Crippen molar-refractivity contribution >= 4 is 23.3 Å².